The summed E-state index contributed by atoms with van der Waals surface area (Å²) in [6, 6.07) is 0. The van der Waals surface area contributed by atoms with E-state index in [1.54, 1.807) is 0 Å². The largest absolute Gasteiger partial charge is 0.481 e. The topological polar surface area (TPSA) is 89.6 Å². The molecule has 6 nitrogen and oxygen atoms in total. The van der Waals surface area contributed by atoms with Gasteiger partial charge in [0.15, 0.2) is 0 Å². The Morgan fingerprint density at radius 3 is 2.94 bits per heavy atom. The van der Waals surface area contributed by atoms with E-state index in [4.69, 9.17) is 4.52 Å². The summed E-state index contributed by atoms with van der Waals surface area (Å²) >= 11 is 0. The van der Waals surface area contributed by atoms with Crippen LogP contribution in [0.4, 0.5) is 0 Å². The van der Waals surface area contributed by atoms with Crippen molar-refractivity contribution in [1.29, 1.82) is 0 Å². The average molecular weight is 239 g/mol. The smallest absolute Gasteiger partial charge is 0.310 e. The number of aromatic nitrogens is 1. The van der Waals surface area contributed by atoms with Crippen LogP contribution in [0.3, 0.4) is 0 Å². The average Bonchev–Trinajstić information content (AvgIpc) is 2.73. The lowest BCUT2D eigenvalue weighted by Gasteiger charge is -2.34. The SMILES string of the molecule is COC(=O)[C@H]1Cc2cnoc2C[C@]1(C)C(=O)O. The van der Waals surface area contributed by atoms with Crippen molar-refractivity contribution in [3.05, 3.63) is 17.5 Å². The first kappa shape index (κ1) is 11.6. The number of carboxylic acids is 1. The Kier molecular flexibility index (Phi) is 2.65. The molecule has 1 heterocycles. The summed E-state index contributed by atoms with van der Waals surface area (Å²) in [6.45, 7) is 1.53. The molecule has 0 saturated heterocycles. The summed E-state index contributed by atoms with van der Waals surface area (Å²) in [5, 5.41) is 12.9. The second-order valence-corrected chi connectivity index (χ2v) is 4.45. The summed E-state index contributed by atoms with van der Waals surface area (Å²) in [7, 11) is 1.26. The number of rotatable bonds is 2. The molecule has 1 aliphatic carbocycles. The Morgan fingerprint density at radius 2 is 2.35 bits per heavy atom. The Hall–Kier alpha value is -1.85. The van der Waals surface area contributed by atoms with E-state index in [1.807, 2.05) is 0 Å². The van der Waals surface area contributed by atoms with Crippen LogP contribution < -0.4 is 0 Å². The number of hydrogen-bond acceptors (Lipinski definition) is 5. The molecule has 17 heavy (non-hydrogen) atoms. The van der Waals surface area contributed by atoms with E-state index in [1.165, 1.54) is 20.2 Å². The normalized spacial score (nSPS) is 27.3. The van der Waals surface area contributed by atoms with Gasteiger partial charge in [0.25, 0.3) is 0 Å². The highest BCUT2D eigenvalue weighted by molar-refractivity contribution is 5.85. The van der Waals surface area contributed by atoms with E-state index in [2.05, 4.69) is 9.89 Å². The fourth-order valence-electron chi connectivity index (χ4n) is 2.21. The highest BCUT2D eigenvalue weighted by atomic mass is 16.5. The first-order chi connectivity index (χ1) is 7.99. The molecule has 0 fully saturated rings. The maximum atomic E-state index is 11.7. The predicted octanol–water partition coefficient (Wildman–Crippen LogP) is 0.653. The van der Waals surface area contributed by atoms with Gasteiger partial charge in [-0.3, -0.25) is 9.59 Å². The first-order valence-corrected chi connectivity index (χ1v) is 5.22. The molecule has 0 radical (unpaired) electrons. The third-order valence-electron chi connectivity index (χ3n) is 3.42. The van der Waals surface area contributed by atoms with Gasteiger partial charge in [0, 0.05) is 12.0 Å². The summed E-state index contributed by atoms with van der Waals surface area (Å²) in [4.78, 5) is 23.1. The second kappa shape index (κ2) is 3.87. The van der Waals surface area contributed by atoms with Crippen molar-refractivity contribution < 1.29 is 24.0 Å². The zero-order valence-electron chi connectivity index (χ0n) is 9.60. The summed E-state index contributed by atoms with van der Waals surface area (Å²) in [6.07, 6.45) is 1.96. The number of ether oxygens (including phenoxy) is 1. The number of fused-ring (bicyclic) bond motifs is 1. The molecule has 1 aromatic heterocycles. The van der Waals surface area contributed by atoms with Gasteiger partial charge >= 0.3 is 11.9 Å². The molecular weight excluding hydrogens is 226 g/mol. The van der Waals surface area contributed by atoms with Gasteiger partial charge in [0.05, 0.1) is 24.6 Å². The van der Waals surface area contributed by atoms with Crippen molar-refractivity contribution in [3.8, 4) is 0 Å². The molecule has 6 heteroatoms. The quantitative estimate of drug-likeness (QED) is 0.762. The van der Waals surface area contributed by atoms with Gasteiger partial charge in [-0.2, -0.15) is 0 Å². The highest BCUT2D eigenvalue weighted by Gasteiger charge is 2.50. The number of carbonyl (C=O) groups is 2. The third kappa shape index (κ3) is 1.69. The number of nitrogens with zero attached hydrogens (tertiary/aromatic N) is 1. The Morgan fingerprint density at radius 1 is 1.65 bits per heavy atom. The van der Waals surface area contributed by atoms with E-state index < -0.39 is 23.3 Å². The predicted molar refractivity (Wildman–Crippen MR) is 55.2 cm³/mol. The van der Waals surface area contributed by atoms with E-state index in [0.29, 0.717) is 5.76 Å². The fourth-order valence-corrected chi connectivity index (χ4v) is 2.21. The fraction of sp³-hybridized carbons (Fsp3) is 0.545. The molecule has 0 spiro atoms. The van der Waals surface area contributed by atoms with Gasteiger partial charge in [-0.1, -0.05) is 5.16 Å². The zero-order valence-corrected chi connectivity index (χ0v) is 9.60. The van der Waals surface area contributed by atoms with E-state index in [0.717, 1.165) is 5.56 Å². The Balaban J connectivity index is 2.43. The van der Waals surface area contributed by atoms with Crippen LogP contribution in [0.15, 0.2) is 10.7 Å². The minimum atomic E-state index is -1.21. The van der Waals surface area contributed by atoms with E-state index >= 15 is 0 Å². The summed E-state index contributed by atoms with van der Waals surface area (Å²) in [5.41, 5.74) is -0.432. The van der Waals surface area contributed by atoms with Crippen molar-refractivity contribution >= 4 is 11.9 Å². The Labute approximate surface area is 97.5 Å². The molecular formula is C11H13NO5. The molecule has 0 aliphatic heterocycles. The molecule has 0 amide bonds. The van der Waals surface area contributed by atoms with Crippen LogP contribution in [0.1, 0.15) is 18.2 Å². The molecule has 0 bridgehead atoms. The second-order valence-electron chi connectivity index (χ2n) is 4.45. The van der Waals surface area contributed by atoms with E-state index in [-0.39, 0.29) is 12.8 Å². The van der Waals surface area contributed by atoms with Crippen LogP contribution in [-0.2, 0) is 27.2 Å². The van der Waals surface area contributed by atoms with Crippen molar-refractivity contribution in [2.75, 3.05) is 7.11 Å². The van der Waals surface area contributed by atoms with Crippen LogP contribution in [0.5, 0.6) is 0 Å². The number of carbonyl (C=O) groups excluding carboxylic acids is 1. The molecule has 2 rings (SSSR count). The zero-order chi connectivity index (χ0) is 12.6. The first-order valence-electron chi connectivity index (χ1n) is 5.22. The Bertz CT molecular complexity index is 466. The van der Waals surface area contributed by atoms with Gasteiger partial charge < -0.3 is 14.4 Å². The van der Waals surface area contributed by atoms with Crippen LogP contribution in [0.25, 0.3) is 0 Å². The lowest BCUT2D eigenvalue weighted by molar-refractivity contribution is -0.164. The number of esters is 1. The molecule has 1 aromatic rings. The van der Waals surface area contributed by atoms with Crippen LogP contribution in [-0.4, -0.2) is 29.3 Å². The number of hydrogen-bond donors (Lipinski definition) is 1. The molecule has 1 aliphatic rings. The van der Waals surface area contributed by atoms with Crippen LogP contribution >= 0.6 is 0 Å². The van der Waals surface area contributed by atoms with Crippen molar-refractivity contribution in [3.63, 3.8) is 0 Å². The van der Waals surface area contributed by atoms with Gasteiger partial charge in [-0.05, 0) is 13.3 Å². The maximum Gasteiger partial charge on any atom is 0.310 e. The minimum absolute atomic E-state index is 0.150. The molecule has 0 aromatic carbocycles. The summed E-state index contributed by atoms with van der Waals surface area (Å²) in [5.74, 6) is -1.72. The van der Waals surface area contributed by atoms with Gasteiger partial charge in [-0.15, -0.1) is 0 Å². The standard InChI is InChI=1S/C11H13NO5/c1-11(10(14)15)4-8-6(5-12-17-8)3-7(11)9(13)16-2/h5,7H,3-4H2,1-2H3,(H,14,15)/t7-,11+/m1/s1. The van der Waals surface area contributed by atoms with Crippen molar-refractivity contribution in [2.45, 2.75) is 19.8 Å². The third-order valence-corrected chi connectivity index (χ3v) is 3.42. The van der Waals surface area contributed by atoms with Crippen LogP contribution in [0, 0.1) is 11.3 Å². The molecule has 1 N–H and O–H groups in total. The molecule has 0 saturated carbocycles. The molecule has 0 unspecified atom stereocenters. The molecule has 92 valence electrons. The van der Waals surface area contributed by atoms with Gasteiger partial charge in [0.1, 0.15) is 5.76 Å². The lowest BCUT2D eigenvalue weighted by atomic mass is 9.67. The van der Waals surface area contributed by atoms with Crippen molar-refractivity contribution in [1.82, 2.24) is 5.16 Å². The number of aliphatic carboxylic acids is 1. The van der Waals surface area contributed by atoms with Gasteiger partial charge in [-0.25, -0.2) is 0 Å². The lowest BCUT2D eigenvalue weighted by Crippen LogP contribution is -2.46. The number of methoxy groups -OCH3 is 1. The van der Waals surface area contributed by atoms with E-state index in [9.17, 15) is 14.7 Å². The molecule has 2 atom stereocenters. The van der Waals surface area contributed by atoms with Crippen molar-refractivity contribution in [2.24, 2.45) is 11.3 Å². The summed E-state index contributed by atoms with van der Waals surface area (Å²) < 4.78 is 9.67. The van der Waals surface area contributed by atoms with Crippen LogP contribution in [0.2, 0.25) is 0 Å². The maximum absolute atomic E-state index is 11.7. The monoisotopic (exact) mass is 239 g/mol. The van der Waals surface area contributed by atoms with Gasteiger partial charge in [0.2, 0.25) is 0 Å². The minimum Gasteiger partial charge on any atom is -0.481 e. The highest BCUT2D eigenvalue weighted by Crippen LogP contribution is 2.40. The number of carboxylic acid groups (broad SMARTS) is 1.